The van der Waals surface area contributed by atoms with E-state index in [4.69, 9.17) is 14.2 Å². The second kappa shape index (κ2) is 54.6. The monoisotopic (exact) mass is 1070 g/mol. The lowest BCUT2D eigenvalue weighted by molar-refractivity contribution is -0.302. The molecular formula is C65H119NO10. The van der Waals surface area contributed by atoms with Gasteiger partial charge in [0, 0.05) is 12.8 Å². The molecule has 1 heterocycles. The summed E-state index contributed by atoms with van der Waals surface area (Å²) in [6.45, 7) is 4.25. The van der Waals surface area contributed by atoms with Crippen LogP contribution >= 0.6 is 0 Å². The average Bonchev–Trinajstić information content (AvgIpc) is 3.42. The Kier molecular flexibility index (Phi) is 51.4. The fraction of sp³-hybridized carbons (Fsp3) is 0.846. The number of hydrogen-bond donors (Lipinski definition) is 6. The van der Waals surface area contributed by atoms with E-state index in [0.29, 0.717) is 19.4 Å². The molecule has 1 amide bonds. The van der Waals surface area contributed by atoms with Crippen molar-refractivity contribution < 1.29 is 49.3 Å². The molecular weight excluding hydrogens is 955 g/mol. The van der Waals surface area contributed by atoms with Crippen molar-refractivity contribution in [1.82, 2.24) is 5.32 Å². The topological polar surface area (TPSA) is 175 Å². The van der Waals surface area contributed by atoms with Crippen molar-refractivity contribution in [3.05, 3.63) is 48.6 Å². The number of rotatable bonds is 55. The number of nitrogens with one attached hydrogen (secondary N) is 1. The predicted octanol–water partition coefficient (Wildman–Crippen LogP) is 15.2. The van der Waals surface area contributed by atoms with Crippen LogP contribution in [0.3, 0.4) is 0 Å². The highest BCUT2D eigenvalue weighted by molar-refractivity contribution is 5.76. The van der Waals surface area contributed by atoms with E-state index in [1.54, 1.807) is 6.08 Å². The molecule has 1 fully saturated rings. The number of aliphatic hydroxyl groups is 5. The molecule has 11 heteroatoms. The molecule has 1 rings (SSSR count). The van der Waals surface area contributed by atoms with Gasteiger partial charge in [-0.3, -0.25) is 9.59 Å². The van der Waals surface area contributed by atoms with Gasteiger partial charge in [-0.15, -0.1) is 0 Å². The molecule has 0 aromatic heterocycles. The van der Waals surface area contributed by atoms with Gasteiger partial charge in [-0.05, 0) is 89.9 Å². The third-order valence-electron chi connectivity index (χ3n) is 14.9. The Morgan fingerprint density at radius 1 is 0.474 bits per heavy atom. The van der Waals surface area contributed by atoms with Crippen LogP contribution in [0.1, 0.15) is 290 Å². The van der Waals surface area contributed by atoms with Crippen molar-refractivity contribution in [1.29, 1.82) is 0 Å². The number of hydrogen-bond acceptors (Lipinski definition) is 10. The minimum Gasteiger partial charge on any atom is -0.466 e. The Labute approximate surface area is 466 Å². The van der Waals surface area contributed by atoms with Gasteiger partial charge in [0.15, 0.2) is 6.29 Å². The summed E-state index contributed by atoms with van der Waals surface area (Å²) in [4.78, 5) is 25.0. The van der Waals surface area contributed by atoms with Crippen LogP contribution in [0, 0.1) is 0 Å². The number of carbonyl (C=O) groups is 2. The summed E-state index contributed by atoms with van der Waals surface area (Å²) >= 11 is 0. The van der Waals surface area contributed by atoms with E-state index < -0.39 is 49.5 Å². The highest BCUT2D eigenvalue weighted by Crippen LogP contribution is 2.23. The fourth-order valence-corrected chi connectivity index (χ4v) is 9.78. The van der Waals surface area contributed by atoms with Gasteiger partial charge in [-0.2, -0.15) is 0 Å². The Bertz CT molecular complexity index is 1400. The maximum Gasteiger partial charge on any atom is 0.305 e. The van der Waals surface area contributed by atoms with Crippen molar-refractivity contribution in [3.63, 3.8) is 0 Å². The van der Waals surface area contributed by atoms with E-state index in [0.717, 1.165) is 57.8 Å². The van der Waals surface area contributed by atoms with Crippen molar-refractivity contribution in [2.45, 2.75) is 333 Å². The highest BCUT2D eigenvalue weighted by atomic mass is 16.7. The van der Waals surface area contributed by atoms with Gasteiger partial charge >= 0.3 is 5.97 Å². The molecule has 7 unspecified atom stereocenters. The number of allylic oxidation sites excluding steroid dienone is 7. The molecule has 1 aliphatic heterocycles. The molecule has 0 spiro atoms. The Hall–Kier alpha value is -2.38. The van der Waals surface area contributed by atoms with Crippen LogP contribution in [0.2, 0.25) is 0 Å². The highest BCUT2D eigenvalue weighted by Gasteiger charge is 2.44. The minimum atomic E-state index is -1.58. The normalized spacial score (nSPS) is 19.0. The third kappa shape index (κ3) is 43.5. The van der Waals surface area contributed by atoms with E-state index in [1.165, 1.54) is 205 Å². The molecule has 7 atom stereocenters. The lowest BCUT2D eigenvalue weighted by Crippen LogP contribution is -2.60. The number of aliphatic hydroxyl groups excluding tert-OH is 5. The standard InChI is InChI=1S/C65H119NO10/c1-3-5-7-9-11-13-32-37-41-45-49-53-61(70)74-54-50-46-42-38-34-31-29-27-25-23-21-19-17-15-14-16-18-20-22-24-26-28-30-33-36-40-44-48-52-60(69)66-57(58(68)51-47-43-39-35-12-10-8-6-4-2)56-75-65-64(73)63(72)62(71)59(55-67)76-65/h9,11-12,14-15,35,47,51,57-59,62-65,67-68,71-73H,3-8,10,13,16-34,36-46,48-50,52-56H2,1-2H3,(H,66,69)/b11-9-,15-14-,35-12+,51-47+. The smallest absolute Gasteiger partial charge is 0.305 e. The van der Waals surface area contributed by atoms with E-state index in [-0.39, 0.29) is 18.5 Å². The second-order valence-corrected chi connectivity index (χ2v) is 22.1. The minimum absolute atomic E-state index is 0.00519. The molecule has 76 heavy (non-hydrogen) atoms. The van der Waals surface area contributed by atoms with Crippen LogP contribution in [0.5, 0.6) is 0 Å². The summed E-state index contributed by atoms with van der Waals surface area (Å²) < 4.78 is 16.7. The molecule has 0 saturated carbocycles. The largest absolute Gasteiger partial charge is 0.466 e. The summed E-state index contributed by atoms with van der Waals surface area (Å²) in [5.41, 5.74) is 0. The van der Waals surface area contributed by atoms with Gasteiger partial charge in [0.1, 0.15) is 24.4 Å². The zero-order valence-electron chi connectivity index (χ0n) is 49.0. The lowest BCUT2D eigenvalue weighted by atomic mass is 9.99. The maximum absolute atomic E-state index is 13.0. The summed E-state index contributed by atoms with van der Waals surface area (Å²) in [7, 11) is 0. The molecule has 0 aliphatic carbocycles. The Balaban J connectivity index is 1.97. The second-order valence-electron chi connectivity index (χ2n) is 22.1. The zero-order chi connectivity index (χ0) is 55.2. The van der Waals surface area contributed by atoms with Crippen LogP contribution in [0.4, 0.5) is 0 Å². The van der Waals surface area contributed by atoms with E-state index >= 15 is 0 Å². The van der Waals surface area contributed by atoms with Crippen LogP contribution in [0.25, 0.3) is 0 Å². The number of carbonyl (C=O) groups excluding carboxylic acids is 2. The van der Waals surface area contributed by atoms with Gasteiger partial charge in [-0.25, -0.2) is 0 Å². The number of ether oxygens (including phenoxy) is 3. The first-order valence-corrected chi connectivity index (χ1v) is 31.9. The number of esters is 1. The molecule has 0 aromatic rings. The molecule has 6 N–H and O–H groups in total. The van der Waals surface area contributed by atoms with Crippen LogP contribution in [-0.2, 0) is 23.8 Å². The van der Waals surface area contributed by atoms with Crippen LogP contribution in [0.15, 0.2) is 48.6 Å². The Morgan fingerprint density at radius 2 is 0.868 bits per heavy atom. The molecule has 444 valence electrons. The van der Waals surface area contributed by atoms with Crippen LogP contribution in [-0.4, -0.2) is 100 Å². The summed E-state index contributed by atoms with van der Waals surface area (Å²) in [5.74, 6) is -0.200. The van der Waals surface area contributed by atoms with Crippen molar-refractivity contribution in [2.24, 2.45) is 0 Å². The molecule has 0 aromatic carbocycles. The fourth-order valence-electron chi connectivity index (χ4n) is 9.78. The molecule has 11 nitrogen and oxygen atoms in total. The first kappa shape index (κ1) is 71.6. The predicted molar refractivity (Wildman–Crippen MR) is 315 cm³/mol. The maximum atomic E-state index is 13.0. The molecule has 0 radical (unpaired) electrons. The molecule has 0 bridgehead atoms. The van der Waals surface area contributed by atoms with Gasteiger partial charge in [0.05, 0.1) is 32.0 Å². The van der Waals surface area contributed by atoms with E-state index in [1.807, 2.05) is 6.08 Å². The first-order chi connectivity index (χ1) is 37.2. The SMILES string of the molecule is CCCC/C=C\CCCCCCCC(=O)OCCCCCCCCCCCCCC/C=C\CCCCCCCCCCCCCCC(=O)NC(COC1OC(CO)C(O)C(O)C1O)C(O)/C=C/CC/C=C/CCCCC. The summed E-state index contributed by atoms with van der Waals surface area (Å²) in [6, 6.07) is -0.826. The molecule has 1 aliphatic rings. The van der Waals surface area contributed by atoms with Crippen LogP contribution < -0.4 is 5.32 Å². The summed E-state index contributed by atoms with van der Waals surface area (Å²) in [5, 5.41) is 54.2. The third-order valence-corrected chi connectivity index (χ3v) is 14.9. The van der Waals surface area contributed by atoms with E-state index in [2.05, 4.69) is 55.6 Å². The zero-order valence-corrected chi connectivity index (χ0v) is 49.0. The lowest BCUT2D eigenvalue weighted by Gasteiger charge is -2.40. The van der Waals surface area contributed by atoms with Gasteiger partial charge < -0.3 is 45.1 Å². The van der Waals surface area contributed by atoms with Gasteiger partial charge in [0.25, 0.3) is 0 Å². The quantitative estimate of drug-likeness (QED) is 0.0195. The van der Waals surface area contributed by atoms with Gasteiger partial charge in [-0.1, -0.05) is 236 Å². The number of amides is 1. The van der Waals surface area contributed by atoms with E-state index in [9.17, 15) is 35.1 Å². The number of unbranched alkanes of at least 4 members (excludes halogenated alkanes) is 35. The molecule has 1 saturated heterocycles. The van der Waals surface area contributed by atoms with Crippen molar-refractivity contribution in [2.75, 3.05) is 19.8 Å². The first-order valence-electron chi connectivity index (χ1n) is 31.9. The van der Waals surface area contributed by atoms with Gasteiger partial charge in [0.2, 0.25) is 5.91 Å². The summed E-state index contributed by atoms with van der Waals surface area (Å²) in [6.07, 6.45) is 59.6. The van der Waals surface area contributed by atoms with Crippen molar-refractivity contribution >= 4 is 11.9 Å². The van der Waals surface area contributed by atoms with Crippen molar-refractivity contribution in [3.8, 4) is 0 Å². The average molecular weight is 1070 g/mol. The Morgan fingerprint density at radius 3 is 1.34 bits per heavy atom.